The van der Waals surface area contributed by atoms with E-state index in [1.54, 1.807) is 6.08 Å². The number of hydrogen-bond acceptors (Lipinski definition) is 17. The molecule has 0 aromatic rings. The van der Waals surface area contributed by atoms with E-state index < -0.39 is 5.97 Å². The van der Waals surface area contributed by atoms with E-state index in [0.717, 1.165) is 56.8 Å². The maximum absolute atomic E-state index is 11.8. The summed E-state index contributed by atoms with van der Waals surface area (Å²) >= 11 is 0. The minimum absolute atomic E-state index is 0.0521. The Kier molecular flexibility index (Phi) is 43.3. The first-order chi connectivity index (χ1) is 31.3. The summed E-state index contributed by atoms with van der Waals surface area (Å²) in [6.07, 6.45) is 15.4. The van der Waals surface area contributed by atoms with Gasteiger partial charge < -0.3 is 46.0 Å². The van der Waals surface area contributed by atoms with Gasteiger partial charge in [-0.2, -0.15) is 0 Å². The van der Waals surface area contributed by atoms with E-state index in [0.29, 0.717) is 49.2 Å². The standard InChI is InChI=1S/2C15H27NO3.C13H23NO3.C2H6.3CHNO/c2*1-5-12(6-2)19-14-9-11(15(17)18-7-3)8-13(16)10(14)4;1-4-10(5-2)17-12-7-9(13(15)16)6-11(14)8(12)3;1-2;3*2-1-3/h2*9-10,12-14H,5-8,16H2,1-4H3;7-8,10-12H,4-6,14H2,1-3H3,(H,15,16);1-2H3;3*2H/t2*10-,13+,14-;8-,11+,12-;;;;/m111..../s1. The van der Waals surface area contributed by atoms with Crippen LogP contribution in [0.5, 0.6) is 0 Å². The molecule has 3 rings (SSSR count). The number of rotatable bonds is 17. The van der Waals surface area contributed by atoms with E-state index in [9.17, 15) is 14.4 Å². The number of esters is 2. The fourth-order valence-corrected chi connectivity index (χ4v) is 6.81. The van der Waals surface area contributed by atoms with E-state index in [-0.39, 0.29) is 84.4 Å². The van der Waals surface area contributed by atoms with Gasteiger partial charge in [-0.15, -0.1) is 0 Å². The Morgan fingerprint density at radius 1 is 0.545 bits per heavy atom. The first kappa shape index (κ1) is 68.1. The van der Waals surface area contributed by atoms with Gasteiger partial charge >= 0.3 is 17.9 Å². The molecule has 0 bridgehead atoms. The maximum atomic E-state index is 11.8. The van der Waals surface area contributed by atoms with Gasteiger partial charge in [0.05, 0.1) is 49.8 Å². The number of nitrogens with two attached hydrogens (primary N) is 3. The Bertz CT molecular complexity index is 1430. The number of carbonyl (C=O) groups is 3. The van der Waals surface area contributed by atoms with Gasteiger partial charge in [0.15, 0.2) is 0 Å². The van der Waals surface area contributed by atoms with E-state index in [1.807, 2.05) is 46.8 Å². The normalized spacial score (nSPS) is 23.7. The molecule has 0 heterocycles. The van der Waals surface area contributed by atoms with Crippen molar-refractivity contribution in [1.82, 2.24) is 0 Å². The predicted octanol–water partition coefficient (Wildman–Crippen LogP) is 7.50. The Morgan fingerprint density at radius 3 is 0.955 bits per heavy atom. The molecule has 0 aromatic carbocycles. The van der Waals surface area contributed by atoms with Crippen LogP contribution in [0.15, 0.2) is 34.9 Å². The predicted molar refractivity (Wildman–Crippen MR) is 255 cm³/mol. The fraction of sp³-hybridized carbons (Fsp3) is 0.750. The number of hydrogen-bond donors (Lipinski definition) is 7. The molecule has 0 aliphatic heterocycles. The molecule has 10 N–H and O–H groups in total. The van der Waals surface area contributed by atoms with Crippen molar-refractivity contribution in [2.75, 3.05) is 13.2 Å². The molecule has 18 nitrogen and oxygen atoms in total. The van der Waals surface area contributed by atoms with Gasteiger partial charge in [-0.1, -0.05) is 76.2 Å². The van der Waals surface area contributed by atoms with Crippen LogP contribution in [0.25, 0.3) is 0 Å². The summed E-state index contributed by atoms with van der Waals surface area (Å²) in [5.74, 6) is -0.798. The quantitative estimate of drug-likeness (QED) is 0.0422. The first-order valence-corrected chi connectivity index (χ1v) is 23.3. The van der Waals surface area contributed by atoms with Gasteiger partial charge in [0.25, 0.3) is 0 Å². The van der Waals surface area contributed by atoms with Crippen LogP contribution in [0.4, 0.5) is 0 Å². The van der Waals surface area contributed by atoms with Crippen molar-refractivity contribution < 1.29 is 57.6 Å². The van der Waals surface area contributed by atoms with Crippen molar-refractivity contribution in [3.05, 3.63) is 34.9 Å². The number of aliphatic carboxylic acids is 1. The largest absolute Gasteiger partial charge is 0.478 e. The van der Waals surface area contributed by atoms with Crippen LogP contribution in [0.3, 0.4) is 0 Å². The monoisotopic (exact) mass is 939 g/mol. The Labute approximate surface area is 394 Å². The summed E-state index contributed by atoms with van der Waals surface area (Å²) in [4.78, 5) is 59.7. The number of carboxylic acids is 1. The van der Waals surface area contributed by atoms with Crippen molar-refractivity contribution in [1.29, 1.82) is 16.2 Å². The summed E-state index contributed by atoms with van der Waals surface area (Å²) in [6.45, 7) is 27.2. The highest BCUT2D eigenvalue weighted by Gasteiger charge is 2.34. The highest BCUT2D eigenvalue weighted by atomic mass is 16.5. The van der Waals surface area contributed by atoms with Crippen molar-refractivity contribution in [2.45, 2.75) is 203 Å². The lowest BCUT2D eigenvalue weighted by atomic mass is 9.84. The molecule has 66 heavy (non-hydrogen) atoms. The third-order valence-electron chi connectivity index (χ3n) is 11.2. The lowest BCUT2D eigenvalue weighted by Crippen LogP contribution is -2.42. The van der Waals surface area contributed by atoms with Gasteiger partial charge in [0.1, 0.15) is 0 Å². The molecule has 0 saturated carbocycles. The Morgan fingerprint density at radius 2 is 0.758 bits per heavy atom. The zero-order valence-corrected chi connectivity index (χ0v) is 42.1. The fourth-order valence-electron chi connectivity index (χ4n) is 6.81. The molecule has 3 aliphatic rings. The van der Waals surface area contributed by atoms with Crippen molar-refractivity contribution in [3.63, 3.8) is 0 Å². The number of carboxylic acid groups (broad SMARTS) is 1. The van der Waals surface area contributed by atoms with Crippen LogP contribution in [0.1, 0.15) is 148 Å². The molecule has 0 unspecified atom stereocenters. The number of carbonyl (C=O) groups excluding carboxylic acids is 5. The Balaban J connectivity index is -0.000000393. The third kappa shape index (κ3) is 27.9. The lowest BCUT2D eigenvalue weighted by molar-refractivity contribution is -0.140. The minimum Gasteiger partial charge on any atom is -0.478 e. The number of ether oxygens (including phenoxy) is 5. The van der Waals surface area contributed by atoms with Gasteiger partial charge in [-0.05, 0) is 89.9 Å². The summed E-state index contributed by atoms with van der Waals surface area (Å²) in [7, 11) is 0. The molecule has 18 heteroatoms. The molecule has 3 aliphatic carbocycles. The first-order valence-electron chi connectivity index (χ1n) is 23.3. The van der Waals surface area contributed by atoms with Crippen LogP contribution in [0, 0.1) is 34.0 Å². The molecular weight excluding hydrogens is 853 g/mol. The number of nitrogens with one attached hydrogen (secondary N) is 3. The second kappa shape index (κ2) is 41.9. The van der Waals surface area contributed by atoms with Crippen molar-refractivity contribution >= 4 is 36.1 Å². The molecule has 9 atom stereocenters. The lowest BCUT2D eigenvalue weighted by Gasteiger charge is -2.34. The molecule has 380 valence electrons. The average molecular weight is 939 g/mol. The Hall–Kier alpha value is -4.47. The number of isocyanates is 3. The third-order valence-corrected chi connectivity index (χ3v) is 11.2. The summed E-state index contributed by atoms with van der Waals surface area (Å²) in [6, 6.07) is -0.238. The van der Waals surface area contributed by atoms with Crippen molar-refractivity contribution in [3.8, 4) is 0 Å². The van der Waals surface area contributed by atoms with Crippen LogP contribution in [-0.4, -0.2) is 109 Å². The molecule has 0 amide bonds. The maximum Gasteiger partial charge on any atom is 0.333 e. The van der Waals surface area contributed by atoms with E-state index in [4.69, 9.17) is 76.6 Å². The summed E-state index contributed by atoms with van der Waals surface area (Å²) < 4.78 is 28.2. The van der Waals surface area contributed by atoms with Crippen LogP contribution >= 0.6 is 0 Å². The van der Waals surface area contributed by atoms with Crippen molar-refractivity contribution in [2.24, 2.45) is 35.0 Å². The van der Waals surface area contributed by atoms with Crippen LogP contribution in [-0.2, 0) is 52.5 Å². The molecule has 0 aromatic heterocycles. The SMILES string of the molecule is CC.CCC(CC)O[C@@H]1C=C(C(=O)O)C[C@H](N)[C@H]1C.CCOC(=O)C1=C[C@@H](OC(CC)CC)[C@H](C)[C@@H](N)C1.CCOC(=O)C1=C[C@@H](OC(CC)CC)[C@H](C)[C@@H](N)C1.N=C=O.N=C=O.N=C=O. The van der Waals surface area contributed by atoms with Crippen LogP contribution < -0.4 is 17.2 Å². The summed E-state index contributed by atoms with van der Waals surface area (Å²) in [5, 5.41) is 25.2. The van der Waals surface area contributed by atoms with Gasteiger partial charge in [0, 0.05) is 52.6 Å². The minimum atomic E-state index is -0.884. The molecule has 0 saturated heterocycles. The summed E-state index contributed by atoms with van der Waals surface area (Å²) in [5.41, 5.74) is 19.9. The second-order valence-corrected chi connectivity index (χ2v) is 15.4. The molecule has 0 radical (unpaired) electrons. The molecule has 0 spiro atoms. The average Bonchev–Trinajstić information content (AvgIpc) is 3.29. The van der Waals surface area contributed by atoms with E-state index in [2.05, 4.69) is 55.4 Å². The van der Waals surface area contributed by atoms with Gasteiger partial charge in [-0.25, -0.2) is 45.0 Å². The van der Waals surface area contributed by atoms with E-state index in [1.165, 1.54) is 0 Å². The topological polar surface area (TPSA) is 318 Å². The molecule has 0 fully saturated rings. The second-order valence-electron chi connectivity index (χ2n) is 15.4. The highest BCUT2D eigenvalue weighted by molar-refractivity contribution is 5.89. The highest BCUT2D eigenvalue weighted by Crippen LogP contribution is 2.30. The van der Waals surface area contributed by atoms with E-state index >= 15 is 0 Å². The molecular formula is C48H86N6O12. The zero-order chi connectivity index (χ0) is 51.9. The van der Waals surface area contributed by atoms with Gasteiger partial charge in [-0.3, -0.25) is 0 Å². The zero-order valence-electron chi connectivity index (χ0n) is 42.1. The smallest absolute Gasteiger partial charge is 0.333 e. The van der Waals surface area contributed by atoms with Gasteiger partial charge in [0.2, 0.25) is 18.2 Å². The van der Waals surface area contributed by atoms with Crippen LogP contribution in [0.2, 0.25) is 0 Å².